The highest BCUT2D eigenvalue weighted by molar-refractivity contribution is 7.80. The van der Waals surface area contributed by atoms with E-state index in [-0.39, 0.29) is 24.3 Å². The second-order valence-corrected chi connectivity index (χ2v) is 9.86. The fourth-order valence-corrected chi connectivity index (χ4v) is 5.74. The van der Waals surface area contributed by atoms with Gasteiger partial charge in [-0.2, -0.15) is 0 Å². The number of nitrogens with one attached hydrogen (secondary N) is 2. The van der Waals surface area contributed by atoms with Gasteiger partial charge in [-0.15, -0.1) is 0 Å². The van der Waals surface area contributed by atoms with Gasteiger partial charge < -0.3 is 19.9 Å². The molecule has 0 radical (unpaired) electrons. The Labute approximate surface area is 210 Å². The highest BCUT2D eigenvalue weighted by atomic mass is 32.1. The lowest BCUT2D eigenvalue weighted by molar-refractivity contribution is -0.125. The molecule has 1 aliphatic carbocycles. The van der Waals surface area contributed by atoms with Crippen LogP contribution in [-0.2, 0) is 9.59 Å². The molecule has 2 amide bonds. The summed E-state index contributed by atoms with van der Waals surface area (Å²) in [6, 6.07) is 14.6. The molecule has 5 rings (SSSR count). The smallest absolute Gasteiger partial charge is 0.256 e. The van der Waals surface area contributed by atoms with Crippen LogP contribution in [0.3, 0.4) is 0 Å². The number of carbonyl (C=O) groups excluding carboxylic acids is 2. The topological polar surface area (TPSA) is 77.7 Å². The number of anilines is 2. The number of amides is 2. The first kappa shape index (κ1) is 23.4. The molecule has 2 heterocycles. The lowest BCUT2D eigenvalue weighted by atomic mass is 9.86. The van der Waals surface area contributed by atoms with E-state index in [9.17, 15) is 9.59 Å². The van der Waals surface area contributed by atoms with Gasteiger partial charge in [-0.05, 0) is 79.5 Å². The van der Waals surface area contributed by atoms with Crippen LogP contribution >= 0.6 is 12.2 Å². The molecule has 1 saturated heterocycles. The highest BCUT2D eigenvalue weighted by Crippen LogP contribution is 2.38. The number of H-pyrrole nitrogens is 1. The number of ether oxygens (including phenoxy) is 1. The summed E-state index contributed by atoms with van der Waals surface area (Å²) in [6.07, 6.45) is 5.97. The van der Waals surface area contributed by atoms with Crippen molar-refractivity contribution in [1.82, 2.24) is 9.88 Å². The lowest BCUT2D eigenvalue weighted by Gasteiger charge is -2.37. The van der Waals surface area contributed by atoms with Gasteiger partial charge in [0.05, 0.1) is 19.2 Å². The first-order valence-electron chi connectivity index (χ1n) is 12.1. The van der Waals surface area contributed by atoms with Gasteiger partial charge in [0.2, 0.25) is 5.91 Å². The van der Waals surface area contributed by atoms with Gasteiger partial charge in [-0.1, -0.05) is 25.1 Å². The molecule has 182 valence electrons. The Hall–Kier alpha value is -3.39. The van der Waals surface area contributed by atoms with Crippen LogP contribution in [0, 0.1) is 5.92 Å². The summed E-state index contributed by atoms with van der Waals surface area (Å²) >= 11 is 5.88. The number of para-hydroxylation sites is 2. The number of rotatable bonds is 6. The predicted molar refractivity (Wildman–Crippen MR) is 142 cm³/mol. The third kappa shape index (κ3) is 4.50. The number of carbonyl (C=O) groups is 2. The first-order valence-corrected chi connectivity index (χ1v) is 12.5. The molecule has 3 aromatic rings. The van der Waals surface area contributed by atoms with Crippen molar-refractivity contribution in [3.8, 4) is 5.75 Å². The van der Waals surface area contributed by atoms with Crippen molar-refractivity contribution in [2.75, 3.05) is 17.3 Å². The average Bonchev–Trinajstić information content (AvgIpc) is 3.41. The molecule has 1 saturated carbocycles. The largest absolute Gasteiger partial charge is 0.495 e. The van der Waals surface area contributed by atoms with Gasteiger partial charge in [0.1, 0.15) is 11.8 Å². The summed E-state index contributed by atoms with van der Waals surface area (Å²) in [5, 5.41) is 4.49. The Bertz CT molecular complexity index is 1260. The minimum atomic E-state index is -0.653. The van der Waals surface area contributed by atoms with E-state index in [1.165, 1.54) is 0 Å². The van der Waals surface area contributed by atoms with E-state index < -0.39 is 6.04 Å². The standard InChI is InChI=1S/C27H30N4O3S/c1-17-7-11-20(12-8-17)30-23(16-25(32)29-19-10-9-18-13-14-28-21(18)15-19)26(33)31(27(30)35)22-5-3-4-6-24(22)34-2/h3-6,9-10,13-15,17,20,23,28H,7-8,11-12,16H2,1-2H3,(H,29,32). The molecule has 2 aromatic carbocycles. The van der Waals surface area contributed by atoms with Crippen LogP contribution < -0.4 is 15.0 Å². The maximum absolute atomic E-state index is 13.8. The van der Waals surface area contributed by atoms with Crippen LogP contribution in [0.25, 0.3) is 10.9 Å². The van der Waals surface area contributed by atoms with Crippen molar-refractivity contribution in [3.63, 3.8) is 0 Å². The first-order chi connectivity index (χ1) is 17.0. The molecule has 35 heavy (non-hydrogen) atoms. The van der Waals surface area contributed by atoms with E-state index in [0.29, 0.717) is 28.2 Å². The number of nitrogens with zero attached hydrogens (tertiary/aromatic N) is 2. The number of hydrogen-bond acceptors (Lipinski definition) is 4. The molecule has 1 atom stereocenters. The Morgan fingerprint density at radius 2 is 1.91 bits per heavy atom. The number of aromatic amines is 1. The Balaban J connectivity index is 1.42. The summed E-state index contributed by atoms with van der Waals surface area (Å²) in [5.41, 5.74) is 2.25. The zero-order valence-corrected chi connectivity index (χ0v) is 20.8. The maximum atomic E-state index is 13.8. The predicted octanol–water partition coefficient (Wildman–Crippen LogP) is 5.09. The van der Waals surface area contributed by atoms with Crippen molar-refractivity contribution in [2.45, 2.75) is 51.1 Å². The number of benzene rings is 2. The van der Waals surface area contributed by atoms with Crippen LogP contribution in [-0.4, -0.2) is 46.0 Å². The summed E-state index contributed by atoms with van der Waals surface area (Å²) in [5.74, 6) is 0.832. The zero-order valence-electron chi connectivity index (χ0n) is 20.0. The second kappa shape index (κ2) is 9.70. The Morgan fingerprint density at radius 1 is 1.14 bits per heavy atom. The van der Waals surface area contributed by atoms with E-state index in [1.54, 1.807) is 12.0 Å². The summed E-state index contributed by atoms with van der Waals surface area (Å²) in [7, 11) is 1.58. The zero-order chi connectivity index (χ0) is 24.5. The fourth-order valence-electron chi connectivity index (χ4n) is 5.28. The minimum Gasteiger partial charge on any atom is -0.495 e. The SMILES string of the molecule is COc1ccccc1N1C(=O)C(CC(=O)Nc2ccc3cc[nH]c3c2)N(C2CCC(C)CC2)C1=S. The maximum Gasteiger partial charge on any atom is 0.256 e. The van der Waals surface area contributed by atoms with Gasteiger partial charge in [-0.3, -0.25) is 14.5 Å². The van der Waals surface area contributed by atoms with Crippen LogP contribution in [0.1, 0.15) is 39.0 Å². The third-order valence-corrected chi connectivity index (χ3v) is 7.57. The van der Waals surface area contributed by atoms with E-state index in [0.717, 1.165) is 36.6 Å². The monoisotopic (exact) mass is 490 g/mol. The van der Waals surface area contributed by atoms with E-state index >= 15 is 0 Å². The molecule has 1 aliphatic heterocycles. The Kier molecular flexibility index (Phi) is 6.47. The van der Waals surface area contributed by atoms with Crippen LogP contribution in [0.2, 0.25) is 0 Å². The van der Waals surface area contributed by atoms with Gasteiger partial charge in [-0.25, -0.2) is 0 Å². The second-order valence-electron chi connectivity index (χ2n) is 9.50. The molecule has 2 aliphatic rings. The molecule has 1 aromatic heterocycles. The molecule has 7 nitrogen and oxygen atoms in total. The highest BCUT2D eigenvalue weighted by Gasteiger charge is 2.48. The number of thiocarbonyl (C=S) groups is 1. The molecule has 1 unspecified atom stereocenters. The van der Waals surface area contributed by atoms with Gasteiger partial charge in [0, 0.05) is 23.4 Å². The molecular formula is C27H30N4O3S. The average molecular weight is 491 g/mol. The van der Waals surface area contributed by atoms with E-state index in [4.69, 9.17) is 17.0 Å². The number of methoxy groups -OCH3 is 1. The number of aromatic nitrogens is 1. The van der Waals surface area contributed by atoms with Gasteiger partial charge in [0.15, 0.2) is 5.11 Å². The van der Waals surface area contributed by atoms with Crippen LogP contribution in [0.5, 0.6) is 5.75 Å². The van der Waals surface area contributed by atoms with Crippen molar-refractivity contribution in [2.24, 2.45) is 5.92 Å². The number of hydrogen-bond donors (Lipinski definition) is 2. The van der Waals surface area contributed by atoms with E-state index in [1.807, 2.05) is 59.6 Å². The van der Waals surface area contributed by atoms with Gasteiger partial charge in [0.25, 0.3) is 5.91 Å². The van der Waals surface area contributed by atoms with Crippen molar-refractivity contribution >= 4 is 51.4 Å². The molecule has 8 heteroatoms. The van der Waals surface area contributed by atoms with Gasteiger partial charge >= 0.3 is 0 Å². The minimum absolute atomic E-state index is 0.0272. The summed E-state index contributed by atoms with van der Waals surface area (Å²) in [4.78, 5) is 33.7. The quantitative estimate of drug-likeness (QED) is 0.471. The fraction of sp³-hybridized carbons (Fsp3) is 0.370. The van der Waals surface area contributed by atoms with Crippen LogP contribution in [0.15, 0.2) is 54.7 Å². The van der Waals surface area contributed by atoms with Crippen LogP contribution in [0.4, 0.5) is 11.4 Å². The normalized spacial score (nSPS) is 22.6. The van der Waals surface area contributed by atoms with Crippen molar-refractivity contribution in [1.29, 1.82) is 0 Å². The van der Waals surface area contributed by atoms with Crippen molar-refractivity contribution in [3.05, 3.63) is 54.7 Å². The molecule has 0 spiro atoms. The Morgan fingerprint density at radius 3 is 2.69 bits per heavy atom. The van der Waals surface area contributed by atoms with E-state index in [2.05, 4.69) is 17.2 Å². The lowest BCUT2D eigenvalue weighted by Crippen LogP contribution is -2.46. The van der Waals surface area contributed by atoms with Crippen molar-refractivity contribution < 1.29 is 14.3 Å². The third-order valence-electron chi connectivity index (χ3n) is 7.18. The number of fused-ring (bicyclic) bond motifs is 1. The summed E-state index contributed by atoms with van der Waals surface area (Å²) < 4.78 is 5.52. The molecular weight excluding hydrogens is 460 g/mol. The molecule has 0 bridgehead atoms. The molecule has 2 N–H and O–H groups in total. The molecule has 2 fully saturated rings. The summed E-state index contributed by atoms with van der Waals surface area (Å²) in [6.45, 7) is 2.26.